The number of nitrogens with two attached hydrogens (primary N) is 1. The van der Waals surface area contributed by atoms with Crippen LogP contribution in [0, 0.1) is 0 Å². The van der Waals surface area contributed by atoms with Crippen molar-refractivity contribution in [1.82, 2.24) is 10.2 Å². The molecule has 0 atom stereocenters. The Morgan fingerprint density at radius 2 is 2.33 bits per heavy atom. The van der Waals surface area contributed by atoms with Gasteiger partial charge in [0, 0.05) is 17.5 Å². The lowest BCUT2D eigenvalue weighted by Gasteiger charge is -2.05. The number of nitrogens with one attached hydrogen (secondary N) is 1. The van der Waals surface area contributed by atoms with Crippen LogP contribution in [0.3, 0.4) is 0 Å². The van der Waals surface area contributed by atoms with Gasteiger partial charge in [-0.3, -0.25) is 5.10 Å². The molecule has 94 valence electrons. The number of H-pyrrole nitrogens is 1. The normalized spacial score (nSPS) is 13.4. The summed E-state index contributed by atoms with van der Waals surface area (Å²) in [4.78, 5) is 0. The van der Waals surface area contributed by atoms with Gasteiger partial charge in [0.05, 0.1) is 12.3 Å². The van der Waals surface area contributed by atoms with Crippen LogP contribution < -0.4 is 10.5 Å². The summed E-state index contributed by atoms with van der Waals surface area (Å²) >= 11 is 0. The Labute approximate surface area is 106 Å². The molecule has 0 spiro atoms. The Morgan fingerprint density at radius 1 is 1.44 bits per heavy atom. The molecule has 1 aromatic heterocycles. The molecule has 1 aromatic carbocycles. The minimum Gasteiger partial charge on any atom is -0.493 e. The smallest absolute Gasteiger partial charge is 0.149 e. The lowest BCUT2D eigenvalue weighted by Crippen LogP contribution is -1.93. The first-order valence-electron chi connectivity index (χ1n) is 6.38. The number of rotatable bonds is 3. The van der Waals surface area contributed by atoms with Gasteiger partial charge in [0.2, 0.25) is 0 Å². The third-order valence-electron chi connectivity index (χ3n) is 3.38. The monoisotopic (exact) mass is 243 g/mol. The van der Waals surface area contributed by atoms with Gasteiger partial charge in [-0.15, -0.1) is 0 Å². The van der Waals surface area contributed by atoms with Crippen molar-refractivity contribution in [3.63, 3.8) is 0 Å². The molecule has 1 aliphatic heterocycles. The summed E-state index contributed by atoms with van der Waals surface area (Å²) in [6.45, 7) is 2.93. The van der Waals surface area contributed by atoms with Crippen molar-refractivity contribution < 1.29 is 4.74 Å². The van der Waals surface area contributed by atoms with E-state index in [4.69, 9.17) is 10.5 Å². The summed E-state index contributed by atoms with van der Waals surface area (Å²) in [6, 6.07) is 6.27. The second-order valence-electron chi connectivity index (χ2n) is 4.63. The number of hydrogen-bond acceptors (Lipinski definition) is 3. The maximum atomic E-state index is 5.91. The van der Waals surface area contributed by atoms with Crippen molar-refractivity contribution in [2.75, 3.05) is 12.3 Å². The minimum absolute atomic E-state index is 0.614. The molecule has 3 N–H and O–H groups in total. The van der Waals surface area contributed by atoms with E-state index in [1.54, 1.807) is 0 Å². The summed E-state index contributed by atoms with van der Waals surface area (Å²) in [5, 5.41) is 7.18. The van der Waals surface area contributed by atoms with Crippen LogP contribution in [0.15, 0.2) is 18.2 Å². The van der Waals surface area contributed by atoms with Crippen LogP contribution in [0.4, 0.5) is 5.82 Å². The molecule has 0 saturated carbocycles. The predicted molar refractivity (Wildman–Crippen MR) is 71.6 cm³/mol. The van der Waals surface area contributed by atoms with Gasteiger partial charge in [0.15, 0.2) is 0 Å². The molecule has 0 fully saturated rings. The van der Waals surface area contributed by atoms with E-state index in [1.807, 2.05) is 6.07 Å². The molecule has 2 aromatic rings. The number of nitrogen functional groups attached to an aromatic ring is 1. The van der Waals surface area contributed by atoms with Gasteiger partial charge in [0.25, 0.3) is 0 Å². The Morgan fingerprint density at radius 3 is 3.17 bits per heavy atom. The summed E-state index contributed by atoms with van der Waals surface area (Å²) in [6.07, 6.45) is 2.99. The molecule has 0 radical (unpaired) electrons. The molecule has 3 rings (SSSR count). The van der Waals surface area contributed by atoms with Crippen LogP contribution in [0.1, 0.15) is 24.5 Å². The van der Waals surface area contributed by atoms with Crippen molar-refractivity contribution in [3.8, 4) is 17.0 Å². The Hall–Kier alpha value is -1.97. The van der Waals surface area contributed by atoms with Crippen LogP contribution in [-0.4, -0.2) is 16.8 Å². The number of benzene rings is 1. The van der Waals surface area contributed by atoms with Crippen LogP contribution in [0.25, 0.3) is 11.3 Å². The van der Waals surface area contributed by atoms with Crippen molar-refractivity contribution >= 4 is 5.82 Å². The lowest BCUT2D eigenvalue weighted by atomic mass is 10.0. The molecular formula is C14H17N3O. The van der Waals surface area contributed by atoms with Gasteiger partial charge >= 0.3 is 0 Å². The van der Waals surface area contributed by atoms with Crippen molar-refractivity contribution in [2.24, 2.45) is 0 Å². The zero-order valence-electron chi connectivity index (χ0n) is 10.5. The van der Waals surface area contributed by atoms with E-state index in [0.717, 1.165) is 48.4 Å². The number of anilines is 1. The molecule has 0 unspecified atom stereocenters. The molecule has 0 saturated heterocycles. The van der Waals surface area contributed by atoms with Crippen molar-refractivity contribution in [2.45, 2.75) is 26.2 Å². The zero-order valence-corrected chi connectivity index (χ0v) is 10.5. The number of hydrogen-bond donors (Lipinski definition) is 2. The van der Waals surface area contributed by atoms with Crippen molar-refractivity contribution in [3.05, 3.63) is 29.3 Å². The fourth-order valence-electron chi connectivity index (χ4n) is 2.46. The first kappa shape index (κ1) is 11.1. The highest BCUT2D eigenvalue weighted by molar-refractivity contribution is 5.69. The molecular weight excluding hydrogens is 226 g/mol. The van der Waals surface area contributed by atoms with Gasteiger partial charge in [0.1, 0.15) is 11.6 Å². The first-order valence-corrected chi connectivity index (χ1v) is 6.38. The summed E-state index contributed by atoms with van der Waals surface area (Å²) in [5.74, 6) is 1.62. The van der Waals surface area contributed by atoms with Crippen LogP contribution >= 0.6 is 0 Å². The highest BCUT2D eigenvalue weighted by Gasteiger charge is 2.16. The van der Waals surface area contributed by atoms with Gasteiger partial charge < -0.3 is 10.5 Å². The van der Waals surface area contributed by atoms with E-state index in [2.05, 4.69) is 29.3 Å². The number of fused-ring (bicyclic) bond motifs is 1. The maximum Gasteiger partial charge on any atom is 0.149 e. The Balaban J connectivity index is 2.04. The number of ether oxygens (including phenoxy) is 1. The van der Waals surface area contributed by atoms with Crippen LogP contribution in [-0.2, 0) is 12.8 Å². The number of aromatic nitrogens is 2. The van der Waals surface area contributed by atoms with Crippen molar-refractivity contribution in [1.29, 1.82) is 0 Å². The van der Waals surface area contributed by atoms with E-state index in [0.29, 0.717) is 5.82 Å². The quantitative estimate of drug-likeness (QED) is 0.870. The number of nitrogens with zero attached hydrogens (tertiary/aromatic N) is 1. The predicted octanol–water partition coefficient (Wildman–Crippen LogP) is 2.55. The first-order chi connectivity index (χ1) is 8.79. The molecule has 2 heterocycles. The van der Waals surface area contributed by atoms with E-state index in [9.17, 15) is 0 Å². The fourth-order valence-corrected chi connectivity index (χ4v) is 2.46. The highest BCUT2D eigenvalue weighted by Crippen LogP contribution is 2.32. The average Bonchev–Trinajstić information content (AvgIpc) is 2.97. The molecule has 4 heteroatoms. The third kappa shape index (κ3) is 1.74. The second-order valence-corrected chi connectivity index (χ2v) is 4.63. The standard InChI is InChI=1S/C14H17N3O/c1-2-3-11-13(16-17-14(11)15)10-4-5-12-9(8-10)6-7-18-12/h4-5,8H,2-3,6-7H2,1H3,(H3,15,16,17). The molecule has 1 aliphatic rings. The van der Waals surface area contributed by atoms with E-state index in [1.165, 1.54) is 5.56 Å². The van der Waals surface area contributed by atoms with Gasteiger partial charge in [-0.05, 0) is 30.2 Å². The van der Waals surface area contributed by atoms with E-state index >= 15 is 0 Å². The molecule has 18 heavy (non-hydrogen) atoms. The van der Waals surface area contributed by atoms with E-state index in [-0.39, 0.29) is 0 Å². The molecule has 4 nitrogen and oxygen atoms in total. The summed E-state index contributed by atoms with van der Waals surface area (Å²) in [7, 11) is 0. The molecule has 0 aliphatic carbocycles. The highest BCUT2D eigenvalue weighted by atomic mass is 16.5. The van der Waals surface area contributed by atoms with E-state index < -0.39 is 0 Å². The zero-order chi connectivity index (χ0) is 12.5. The topological polar surface area (TPSA) is 63.9 Å². The lowest BCUT2D eigenvalue weighted by molar-refractivity contribution is 0.357. The third-order valence-corrected chi connectivity index (χ3v) is 3.38. The summed E-state index contributed by atoms with van der Waals surface area (Å²) in [5.41, 5.74) is 10.5. The summed E-state index contributed by atoms with van der Waals surface area (Å²) < 4.78 is 5.52. The SMILES string of the molecule is CCCc1c(N)n[nH]c1-c1ccc2c(c1)CCO2. The largest absolute Gasteiger partial charge is 0.493 e. The Bertz CT molecular complexity index is 574. The second kappa shape index (κ2) is 4.37. The van der Waals surface area contributed by atoms with Crippen LogP contribution in [0.2, 0.25) is 0 Å². The maximum absolute atomic E-state index is 5.91. The van der Waals surface area contributed by atoms with Gasteiger partial charge in [-0.1, -0.05) is 13.3 Å². The number of aromatic amines is 1. The average molecular weight is 243 g/mol. The molecule has 0 amide bonds. The Kier molecular flexibility index (Phi) is 2.70. The molecule has 0 bridgehead atoms. The van der Waals surface area contributed by atoms with Gasteiger partial charge in [-0.25, -0.2) is 0 Å². The van der Waals surface area contributed by atoms with Gasteiger partial charge in [-0.2, -0.15) is 5.10 Å². The van der Waals surface area contributed by atoms with Crippen LogP contribution in [0.5, 0.6) is 5.75 Å². The fraction of sp³-hybridized carbons (Fsp3) is 0.357. The minimum atomic E-state index is 0.614.